The lowest BCUT2D eigenvalue weighted by molar-refractivity contribution is -0.113. The predicted octanol–water partition coefficient (Wildman–Crippen LogP) is 7.38. The second-order valence-corrected chi connectivity index (χ2v) is 3.47. The van der Waals surface area contributed by atoms with Crippen LogP contribution in [-0.4, -0.2) is 6.18 Å². The van der Waals surface area contributed by atoms with Gasteiger partial charge in [0.25, 0.3) is 11.9 Å². The summed E-state index contributed by atoms with van der Waals surface area (Å²) in [4.78, 5) is 0. The molecule has 1 rings (SSSR count). The van der Waals surface area contributed by atoms with Crippen LogP contribution in [0.3, 0.4) is 0 Å². The van der Waals surface area contributed by atoms with E-state index in [9.17, 15) is 52.7 Å². The van der Waals surface area contributed by atoms with E-state index in [1.165, 1.54) is 12.1 Å². The molecule has 0 aromatic heterocycles. The van der Waals surface area contributed by atoms with Crippen LogP contribution in [0, 0.1) is 5.82 Å². The lowest BCUT2D eigenvalue weighted by atomic mass is 10.2. The van der Waals surface area contributed by atoms with E-state index in [4.69, 9.17) is 0 Å². The van der Waals surface area contributed by atoms with E-state index in [1.54, 1.807) is 0 Å². The summed E-state index contributed by atoms with van der Waals surface area (Å²) in [5, 5.41) is 0. The van der Waals surface area contributed by atoms with E-state index in [0.29, 0.717) is 0 Å². The predicted molar refractivity (Wildman–Crippen MR) is 64.4 cm³/mol. The van der Waals surface area contributed by atoms with Crippen molar-refractivity contribution in [1.29, 1.82) is 0 Å². The van der Waals surface area contributed by atoms with Gasteiger partial charge in [0.05, 0.1) is 5.56 Å². The number of alkyl halides is 3. The van der Waals surface area contributed by atoms with Crippen molar-refractivity contribution in [2.75, 3.05) is 0 Å². The molecule has 0 saturated carbocycles. The fourth-order valence-electron chi connectivity index (χ4n) is 0.848. The Labute approximate surface area is 132 Å². The monoisotopic (exact) mass is 390 g/mol. The van der Waals surface area contributed by atoms with Crippen molar-refractivity contribution in [2.24, 2.45) is 0 Å². The number of hydrogen-bond donors (Lipinski definition) is 0. The molecule has 0 spiro atoms. The minimum atomic E-state index is -5.56. The summed E-state index contributed by atoms with van der Waals surface area (Å²) in [6, 6.07) is 4.44. The standard InChI is InChI=1S/C8H4F4.C3F6.C2H2F2/c9-6-4-2-1-3-5(6)7(10)8(11)12;4-1(2(5)6)3(7,8)9;1-2(3)4/h1-4H;;1H2. The highest BCUT2D eigenvalue weighted by Gasteiger charge is 2.38. The maximum absolute atomic E-state index is 12.6. The average Bonchev–Trinajstić information content (AvgIpc) is 2.45. The third kappa shape index (κ3) is 11.7. The molecule has 0 saturated heterocycles. The summed E-state index contributed by atoms with van der Waals surface area (Å²) in [6.07, 6.45) is -13.2. The first-order chi connectivity index (χ1) is 11.2. The average molecular weight is 390 g/mol. The summed E-state index contributed by atoms with van der Waals surface area (Å²) in [6.45, 7) is 2.22. The summed E-state index contributed by atoms with van der Waals surface area (Å²) in [5.74, 6) is -6.14. The summed E-state index contributed by atoms with van der Waals surface area (Å²) in [7, 11) is 0. The second-order valence-electron chi connectivity index (χ2n) is 3.47. The van der Waals surface area contributed by atoms with Crippen LogP contribution in [0.15, 0.2) is 54.9 Å². The summed E-state index contributed by atoms with van der Waals surface area (Å²) >= 11 is 0. The van der Waals surface area contributed by atoms with Gasteiger partial charge in [0.1, 0.15) is 5.82 Å². The molecule has 1 aromatic rings. The van der Waals surface area contributed by atoms with Crippen LogP contribution in [0.25, 0.3) is 5.83 Å². The minimum absolute atomic E-state index is 0.711. The maximum atomic E-state index is 12.6. The van der Waals surface area contributed by atoms with Gasteiger partial charge in [-0.05, 0) is 18.7 Å². The topological polar surface area (TPSA) is 0 Å². The van der Waals surface area contributed by atoms with Gasteiger partial charge < -0.3 is 0 Å². The van der Waals surface area contributed by atoms with Crippen LogP contribution in [0.1, 0.15) is 5.56 Å². The molecule has 0 nitrogen and oxygen atoms in total. The van der Waals surface area contributed by atoms with Gasteiger partial charge in [0.2, 0.25) is 0 Å². The van der Waals surface area contributed by atoms with E-state index in [0.717, 1.165) is 12.1 Å². The third-order valence-electron chi connectivity index (χ3n) is 1.69. The van der Waals surface area contributed by atoms with Crippen LogP contribution >= 0.6 is 0 Å². The fraction of sp³-hybridized carbons (Fsp3) is 0.0769. The zero-order valence-corrected chi connectivity index (χ0v) is 11.6. The molecule has 0 fully saturated rings. The molecule has 12 heteroatoms. The second kappa shape index (κ2) is 11.2. The molecule has 1 aromatic carbocycles. The van der Waals surface area contributed by atoms with E-state index >= 15 is 0 Å². The molecule has 0 radical (unpaired) electrons. The van der Waals surface area contributed by atoms with Crippen molar-refractivity contribution < 1.29 is 52.7 Å². The van der Waals surface area contributed by atoms with Crippen molar-refractivity contribution in [2.45, 2.75) is 6.18 Å². The molecule has 0 atom stereocenters. The molecule has 0 aliphatic rings. The van der Waals surface area contributed by atoms with Crippen molar-refractivity contribution >= 4 is 5.83 Å². The summed E-state index contributed by atoms with van der Waals surface area (Å²) in [5.41, 5.74) is -0.711. The molecular weight excluding hydrogens is 384 g/mol. The largest absolute Gasteiger partial charge is 0.448 e. The van der Waals surface area contributed by atoms with E-state index in [2.05, 4.69) is 6.58 Å². The molecule has 0 bridgehead atoms. The Balaban J connectivity index is 0. The Kier molecular flexibility index (Phi) is 11.1. The highest BCUT2D eigenvalue weighted by molar-refractivity contribution is 5.59. The molecule has 0 amide bonds. The highest BCUT2D eigenvalue weighted by Crippen LogP contribution is 2.29. The van der Waals surface area contributed by atoms with Crippen LogP contribution < -0.4 is 0 Å². The van der Waals surface area contributed by atoms with Gasteiger partial charge in [0.15, 0.2) is 5.83 Å². The molecule has 142 valence electrons. The molecule has 0 heterocycles. The van der Waals surface area contributed by atoms with Crippen molar-refractivity contribution in [3.63, 3.8) is 0 Å². The normalized spacial score (nSPS) is 9.76. The lowest BCUT2D eigenvalue weighted by Gasteiger charge is -1.98. The van der Waals surface area contributed by atoms with E-state index in [-0.39, 0.29) is 0 Å². The maximum Gasteiger partial charge on any atom is 0.448 e. The Hall–Kier alpha value is -2.40. The fourth-order valence-corrected chi connectivity index (χ4v) is 0.848. The number of benzene rings is 1. The van der Waals surface area contributed by atoms with Gasteiger partial charge in [-0.15, -0.1) is 0 Å². The Morgan fingerprint density at radius 1 is 0.760 bits per heavy atom. The van der Waals surface area contributed by atoms with E-state index in [1.807, 2.05) is 0 Å². The molecular formula is C13H6F12. The van der Waals surface area contributed by atoms with Gasteiger partial charge in [-0.3, -0.25) is 0 Å². The van der Waals surface area contributed by atoms with Crippen molar-refractivity contribution in [3.8, 4) is 0 Å². The zero-order valence-electron chi connectivity index (χ0n) is 11.6. The van der Waals surface area contributed by atoms with Gasteiger partial charge in [0, 0.05) is 0 Å². The highest BCUT2D eigenvalue weighted by atomic mass is 19.4. The van der Waals surface area contributed by atoms with Crippen LogP contribution in [0.2, 0.25) is 0 Å². The minimum Gasteiger partial charge on any atom is -0.206 e. The quantitative estimate of drug-likeness (QED) is 0.439. The number of hydrogen-bond acceptors (Lipinski definition) is 0. The Bertz CT molecular complexity index is 614. The van der Waals surface area contributed by atoms with Crippen molar-refractivity contribution in [1.82, 2.24) is 0 Å². The first kappa shape index (κ1) is 24.8. The van der Waals surface area contributed by atoms with Gasteiger partial charge in [-0.1, -0.05) is 12.1 Å². The first-order valence-electron chi connectivity index (χ1n) is 5.45. The Morgan fingerprint density at radius 3 is 1.40 bits per heavy atom. The van der Waals surface area contributed by atoms with Gasteiger partial charge >= 0.3 is 18.3 Å². The molecule has 0 N–H and O–H groups in total. The van der Waals surface area contributed by atoms with Crippen LogP contribution in [0.5, 0.6) is 0 Å². The Morgan fingerprint density at radius 2 is 1.16 bits per heavy atom. The van der Waals surface area contributed by atoms with Crippen molar-refractivity contribution in [3.05, 3.63) is 66.3 Å². The third-order valence-corrected chi connectivity index (χ3v) is 1.69. The van der Waals surface area contributed by atoms with Crippen LogP contribution in [-0.2, 0) is 0 Å². The SMILES string of the molecule is C=C(F)F.FC(F)=C(F)C(F)(F)F.FC(F)=C(F)c1ccccc1F. The molecule has 0 aliphatic heterocycles. The molecule has 0 aliphatic carbocycles. The van der Waals surface area contributed by atoms with Gasteiger partial charge in [-0.2, -0.15) is 43.9 Å². The first-order valence-corrected chi connectivity index (χ1v) is 5.45. The molecule has 0 unspecified atom stereocenters. The summed E-state index contributed by atoms with van der Waals surface area (Å²) < 4.78 is 133. The smallest absolute Gasteiger partial charge is 0.206 e. The lowest BCUT2D eigenvalue weighted by Crippen LogP contribution is -2.08. The van der Waals surface area contributed by atoms with Gasteiger partial charge in [-0.25, -0.2) is 8.78 Å². The number of rotatable bonds is 1. The number of halogens is 12. The van der Waals surface area contributed by atoms with Crippen LogP contribution in [0.4, 0.5) is 52.7 Å². The van der Waals surface area contributed by atoms with E-state index < -0.39 is 47.5 Å². The number of allylic oxidation sites excluding steroid dienone is 1. The zero-order chi connectivity index (χ0) is 20.4. The molecule has 25 heavy (non-hydrogen) atoms.